The highest BCUT2D eigenvalue weighted by Gasteiger charge is 2.30. The minimum absolute atomic E-state index is 0.0968. The minimum atomic E-state index is -0.745. The number of carbonyl (C=O) groups excluding carboxylic acids is 1. The molecule has 3 nitrogen and oxygen atoms in total. The maximum Gasteiger partial charge on any atom is 0.262 e. The zero-order valence-corrected chi connectivity index (χ0v) is 13.9. The summed E-state index contributed by atoms with van der Waals surface area (Å²) >= 11 is 3.30. The molecule has 0 radical (unpaired) electrons. The summed E-state index contributed by atoms with van der Waals surface area (Å²) in [4.78, 5) is 13.2. The summed E-state index contributed by atoms with van der Waals surface area (Å²) < 4.78 is 0. The molecule has 0 spiro atoms. The van der Waals surface area contributed by atoms with Gasteiger partial charge in [-0.15, -0.1) is 11.3 Å². The third-order valence-corrected chi connectivity index (χ3v) is 5.86. The first kappa shape index (κ1) is 15.6. The van der Waals surface area contributed by atoms with Gasteiger partial charge in [-0.1, -0.05) is 30.3 Å². The summed E-state index contributed by atoms with van der Waals surface area (Å²) in [5.74, 6) is 1.82. The van der Waals surface area contributed by atoms with E-state index in [1.165, 1.54) is 11.3 Å². The molecule has 0 saturated carbocycles. The monoisotopic (exact) mass is 333 g/mol. The van der Waals surface area contributed by atoms with Gasteiger partial charge in [0.1, 0.15) is 0 Å². The van der Waals surface area contributed by atoms with E-state index in [-0.39, 0.29) is 5.91 Å². The van der Waals surface area contributed by atoms with E-state index in [0.717, 1.165) is 35.5 Å². The second-order valence-corrected chi connectivity index (χ2v) is 7.69. The van der Waals surface area contributed by atoms with Crippen LogP contribution in [0.2, 0.25) is 0 Å². The number of carbonyl (C=O) groups is 1. The van der Waals surface area contributed by atoms with Gasteiger partial charge in [0.05, 0.1) is 10.5 Å². The van der Waals surface area contributed by atoms with Crippen LogP contribution < -0.4 is 5.32 Å². The van der Waals surface area contributed by atoms with Crippen molar-refractivity contribution in [3.8, 4) is 11.1 Å². The molecule has 1 aromatic heterocycles. The zero-order chi connectivity index (χ0) is 15.4. The molecule has 116 valence electrons. The lowest BCUT2D eigenvalue weighted by molar-refractivity contribution is 0.0312. The van der Waals surface area contributed by atoms with E-state index in [2.05, 4.69) is 5.32 Å². The van der Waals surface area contributed by atoms with E-state index in [9.17, 15) is 9.90 Å². The molecule has 2 aromatic rings. The van der Waals surface area contributed by atoms with Crippen molar-refractivity contribution < 1.29 is 9.90 Å². The van der Waals surface area contributed by atoms with Crippen molar-refractivity contribution >= 4 is 29.0 Å². The van der Waals surface area contributed by atoms with Crippen LogP contribution in [-0.4, -0.2) is 34.7 Å². The van der Waals surface area contributed by atoms with Crippen molar-refractivity contribution in [2.45, 2.75) is 18.4 Å². The molecule has 0 aliphatic carbocycles. The molecule has 0 atom stereocenters. The van der Waals surface area contributed by atoms with Crippen LogP contribution in [-0.2, 0) is 0 Å². The van der Waals surface area contributed by atoms with Gasteiger partial charge in [0.25, 0.3) is 5.91 Å². The molecule has 5 heteroatoms. The average molecular weight is 333 g/mol. The molecular weight excluding hydrogens is 314 g/mol. The summed E-state index contributed by atoms with van der Waals surface area (Å²) in [5.41, 5.74) is 1.25. The molecule has 22 heavy (non-hydrogen) atoms. The number of amides is 1. The van der Waals surface area contributed by atoms with Crippen LogP contribution in [0.15, 0.2) is 41.8 Å². The Kier molecular flexibility index (Phi) is 4.86. The SMILES string of the molecule is O=C(NCC1(O)CCSCC1)c1sccc1-c1ccccc1. The smallest absolute Gasteiger partial charge is 0.262 e. The Morgan fingerprint density at radius 1 is 1.18 bits per heavy atom. The first-order chi connectivity index (χ1) is 10.7. The summed E-state index contributed by atoms with van der Waals surface area (Å²) in [6.45, 7) is 0.332. The van der Waals surface area contributed by atoms with Crippen LogP contribution in [0.1, 0.15) is 22.5 Å². The second kappa shape index (κ2) is 6.86. The van der Waals surface area contributed by atoms with Gasteiger partial charge in [-0.25, -0.2) is 0 Å². The molecule has 2 N–H and O–H groups in total. The number of hydrogen-bond donors (Lipinski definition) is 2. The Morgan fingerprint density at radius 2 is 1.91 bits per heavy atom. The normalized spacial score (nSPS) is 17.1. The van der Waals surface area contributed by atoms with E-state index >= 15 is 0 Å². The van der Waals surface area contributed by atoms with Crippen molar-refractivity contribution in [1.29, 1.82) is 0 Å². The summed E-state index contributed by atoms with van der Waals surface area (Å²) in [7, 11) is 0. The van der Waals surface area contributed by atoms with E-state index in [0.29, 0.717) is 11.4 Å². The van der Waals surface area contributed by atoms with Gasteiger partial charge in [0.2, 0.25) is 0 Å². The Morgan fingerprint density at radius 3 is 2.64 bits per heavy atom. The average Bonchev–Trinajstić information content (AvgIpc) is 3.04. The van der Waals surface area contributed by atoms with Gasteiger partial charge in [0, 0.05) is 12.1 Å². The Balaban J connectivity index is 1.70. The number of hydrogen-bond acceptors (Lipinski definition) is 4. The lowest BCUT2D eigenvalue weighted by atomic mass is 9.97. The lowest BCUT2D eigenvalue weighted by Crippen LogP contribution is -2.45. The van der Waals surface area contributed by atoms with Crippen molar-refractivity contribution in [3.63, 3.8) is 0 Å². The number of benzene rings is 1. The number of rotatable bonds is 4. The molecule has 0 unspecified atom stereocenters. The maximum atomic E-state index is 12.5. The van der Waals surface area contributed by atoms with E-state index < -0.39 is 5.60 Å². The zero-order valence-electron chi connectivity index (χ0n) is 12.2. The fourth-order valence-electron chi connectivity index (χ4n) is 2.58. The molecule has 1 aliphatic rings. The van der Waals surface area contributed by atoms with E-state index in [1.54, 1.807) is 0 Å². The molecular formula is C17H19NO2S2. The van der Waals surface area contributed by atoms with Gasteiger partial charge < -0.3 is 10.4 Å². The van der Waals surface area contributed by atoms with Crippen molar-refractivity contribution in [1.82, 2.24) is 5.32 Å². The molecule has 0 bridgehead atoms. The summed E-state index contributed by atoms with van der Waals surface area (Å²) in [5, 5.41) is 15.3. The quantitative estimate of drug-likeness (QED) is 0.901. The van der Waals surface area contributed by atoms with Gasteiger partial charge in [0.15, 0.2) is 0 Å². The van der Waals surface area contributed by atoms with Crippen molar-refractivity contribution in [2.24, 2.45) is 0 Å². The van der Waals surface area contributed by atoms with Crippen LogP contribution in [0, 0.1) is 0 Å². The van der Waals surface area contributed by atoms with Crippen LogP contribution in [0.5, 0.6) is 0 Å². The van der Waals surface area contributed by atoms with Gasteiger partial charge in [-0.05, 0) is 41.4 Å². The predicted octanol–water partition coefficient (Wildman–Crippen LogP) is 3.40. The third kappa shape index (κ3) is 3.54. The molecule has 3 rings (SSSR count). The molecule has 1 aromatic carbocycles. The largest absolute Gasteiger partial charge is 0.388 e. The second-order valence-electron chi connectivity index (χ2n) is 5.55. The van der Waals surface area contributed by atoms with Crippen LogP contribution >= 0.6 is 23.1 Å². The first-order valence-electron chi connectivity index (χ1n) is 7.39. The summed E-state index contributed by atoms with van der Waals surface area (Å²) in [6.07, 6.45) is 1.49. The van der Waals surface area contributed by atoms with Gasteiger partial charge >= 0.3 is 0 Å². The molecule has 1 aliphatic heterocycles. The molecule has 1 amide bonds. The first-order valence-corrected chi connectivity index (χ1v) is 9.43. The number of thioether (sulfide) groups is 1. The highest BCUT2D eigenvalue weighted by molar-refractivity contribution is 7.99. The topological polar surface area (TPSA) is 49.3 Å². The van der Waals surface area contributed by atoms with E-state index in [1.807, 2.05) is 53.5 Å². The van der Waals surface area contributed by atoms with Gasteiger partial charge in [-0.2, -0.15) is 11.8 Å². The Bertz CT molecular complexity index is 633. The molecule has 1 fully saturated rings. The number of thiophene rings is 1. The molecule has 2 heterocycles. The van der Waals surface area contributed by atoms with Crippen LogP contribution in [0.25, 0.3) is 11.1 Å². The summed E-state index contributed by atoms with van der Waals surface area (Å²) in [6, 6.07) is 11.9. The standard InChI is InChI=1S/C17H19NO2S2/c19-16(18-12-17(20)7-10-21-11-8-17)15-14(6-9-22-15)13-4-2-1-3-5-13/h1-6,9,20H,7-8,10-12H2,(H,18,19). The maximum absolute atomic E-state index is 12.5. The lowest BCUT2D eigenvalue weighted by Gasteiger charge is -2.31. The fourth-order valence-corrected chi connectivity index (χ4v) is 4.67. The fraction of sp³-hybridized carbons (Fsp3) is 0.353. The van der Waals surface area contributed by atoms with Crippen molar-refractivity contribution in [3.05, 3.63) is 46.7 Å². The Labute approximate surface area is 138 Å². The van der Waals surface area contributed by atoms with Crippen LogP contribution in [0.3, 0.4) is 0 Å². The minimum Gasteiger partial charge on any atom is -0.388 e. The molecule has 1 saturated heterocycles. The van der Waals surface area contributed by atoms with Crippen LogP contribution in [0.4, 0.5) is 0 Å². The van der Waals surface area contributed by atoms with Gasteiger partial charge in [-0.3, -0.25) is 4.79 Å². The van der Waals surface area contributed by atoms with Crippen molar-refractivity contribution in [2.75, 3.05) is 18.1 Å². The van der Waals surface area contributed by atoms with E-state index in [4.69, 9.17) is 0 Å². The third-order valence-electron chi connectivity index (χ3n) is 3.96. The number of nitrogens with one attached hydrogen (secondary N) is 1. The Hall–Kier alpha value is -1.30. The highest BCUT2D eigenvalue weighted by Crippen LogP contribution is 2.29. The number of aliphatic hydroxyl groups is 1. The highest BCUT2D eigenvalue weighted by atomic mass is 32.2. The predicted molar refractivity (Wildman–Crippen MR) is 93.6 cm³/mol.